The molecule has 0 aliphatic heterocycles. The summed E-state index contributed by atoms with van der Waals surface area (Å²) in [5, 5.41) is 3.98. The Kier molecular flexibility index (Phi) is 8.57. The highest BCUT2D eigenvalue weighted by Gasteiger charge is 2.10. The lowest BCUT2D eigenvalue weighted by Crippen LogP contribution is -2.17. The molecule has 6 heteroatoms. The Morgan fingerprint density at radius 3 is 2.30 bits per heavy atom. The number of nitrogens with one attached hydrogen (secondary N) is 1. The quantitative estimate of drug-likeness (QED) is 0.408. The number of hydrazone groups is 1. The summed E-state index contributed by atoms with van der Waals surface area (Å²) >= 11 is 0. The average Bonchev–Trinajstić information content (AvgIpc) is 2.58. The second-order valence-corrected chi connectivity index (χ2v) is 5.05. The lowest BCUT2D eigenvalue weighted by atomic mass is 10.1. The molecular formula is C17H26N2O4. The molecule has 0 unspecified atom stereocenters. The van der Waals surface area contributed by atoms with Gasteiger partial charge in [-0.25, -0.2) is 5.43 Å². The molecule has 1 N–H and O–H groups in total. The number of unbranched alkanes of at least 4 members (excludes halogenated alkanes) is 3. The molecule has 0 bridgehead atoms. The molecule has 1 amide bonds. The average molecular weight is 322 g/mol. The summed E-state index contributed by atoms with van der Waals surface area (Å²) in [5.74, 6) is 1.64. The first-order chi connectivity index (χ1) is 11.2. The van der Waals surface area contributed by atoms with Crippen LogP contribution >= 0.6 is 0 Å². The minimum absolute atomic E-state index is 0.0863. The van der Waals surface area contributed by atoms with Gasteiger partial charge in [0, 0.05) is 18.1 Å². The van der Waals surface area contributed by atoms with Crippen LogP contribution in [0.2, 0.25) is 0 Å². The van der Waals surface area contributed by atoms with Crippen LogP contribution < -0.4 is 19.6 Å². The van der Waals surface area contributed by atoms with Gasteiger partial charge in [-0.05, 0) is 12.5 Å². The van der Waals surface area contributed by atoms with Gasteiger partial charge >= 0.3 is 0 Å². The van der Waals surface area contributed by atoms with E-state index in [0.717, 1.165) is 25.7 Å². The van der Waals surface area contributed by atoms with Crippen molar-refractivity contribution in [2.24, 2.45) is 5.10 Å². The van der Waals surface area contributed by atoms with E-state index in [4.69, 9.17) is 14.2 Å². The van der Waals surface area contributed by atoms with E-state index >= 15 is 0 Å². The van der Waals surface area contributed by atoms with Gasteiger partial charge in [-0.1, -0.05) is 26.2 Å². The Morgan fingerprint density at radius 2 is 1.70 bits per heavy atom. The maximum absolute atomic E-state index is 11.7. The van der Waals surface area contributed by atoms with Gasteiger partial charge in [0.25, 0.3) is 0 Å². The first kappa shape index (κ1) is 18.8. The van der Waals surface area contributed by atoms with E-state index in [2.05, 4.69) is 17.5 Å². The highest BCUT2D eigenvalue weighted by atomic mass is 16.5. The highest BCUT2D eigenvalue weighted by molar-refractivity contribution is 5.86. The molecule has 0 atom stereocenters. The van der Waals surface area contributed by atoms with Crippen molar-refractivity contribution >= 4 is 12.1 Å². The first-order valence-electron chi connectivity index (χ1n) is 7.78. The molecule has 0 aliphatic carbocycles. The molecule has 0 radical (unpaired) electrons. The Morgan fingerprint density at radius 1 is 1.04 bits per heavy atom. The summed E-state index contributed by atoms with van der Waals surface area (Å²) in [6, 6.07) is 3.46. The fourth-order valence-electron chi connectivity index (χ4n) is 2.10. The number of benzene rings is 1. The minimum Gasteiger partial charge on any atom is -0.496 e. The Labute approximate surface area is 137 Å². The Balaban J connectivity index is 2.66. The van der Waals surface area contributed by atoms with E-state index in [1.165, 1.54) is 6.21 Å². The molecule has 0 saturated heterocycles. The summed E-state index contributed by atoms with van der Waals surface area (Å²) in [6.07, 6.45) is 6.27. The smallest absolute Gasteiger partial charge is 0.240 e. The molecule has 23 heavy (non-hydrogen) atoms. The maximum Gasteiger partial charge on any atom is 0.240 e. The molecule has 0 heterocycles. The highest BCUT2D eigenvalue weighted by Crippen LogP contribution is 2.33. The van der Waals surface area contributed by atoms with Crippen molar-refractivity contribution in [1.29, 1.82) is 0 Å². The predicted octanol–water partition coefficient (Wildman–Crippen LogP) is 3.13. The van der Waals surface area contributed by atoms with Crippen LogP contribution in [0.1, 0.15) is 44.6 Å². The van der Waals surface area contributed by atoms with Gasteiger partial charge in [-0.2, -0.15) is 5.10 Å². The van der Waals surface area contributed by atoms with Crippen LogP contribution in [0.25, 0.3) is 0 Å². The van der Waals surface area contributed by atoms with Crippen molar-refractivity contribution in [3.63, 3.8) is 0 Å². The molecule has 6 nitrogen and oxygen atoms in total. The normalized spacial score (nSPS) is 10.6. The zero-order chi connectivity index (χ0) is 17.1. The maximum atomic E-state index is 11.7. The lowest BCUT2D eigenvalue weighted by Gasteiger charge is -2.11. The topological polar surface area (TPSA) is 69.2 Å². The fourth-order valence-corrected chi connectivity index (χ4v) is 2.10. The van der Waals surface area contributed by atoms with Crippen LogP contribution in [0.15, 0.2) is 17.2 Å². The van der Waals surface area contributed by atoms with Gasteiger partial charge < -0.3 is 14.2 Å². The SMILES string of the molecule is CCCCCCC(=O)N/N=C/c1cc(OC)c(OC)cc1OC. The largest absolute Gasteiger partial charge is 0.496 e. The third kappa shape index (κ3) is 6.18. The monoisotopic (exact) mass is 322 g/mol. The lowest BCUT2D eigenvalue weighted by molar-refractivity contribution is -0.121. The van der Waals surface area contributed by atoms with E-state index in [1.54, 1.807) is 33.5 Å². The number of carbonyl (C=O) groups excluding carboxylic acids is 1. The van der Waals surface area contributed by atoms with Crippen LogP contribution in [0.5, 0.6) is 17.2 Å². The summed E-state index contributed by atoms with van der Waals surface area (Å²) in [4.78, 5) is 11.7. The number of ether oxygens (including phenoxy) is 3. The second kappa shape index (κ2) is 10.5. The molecule has 128 valence electrons. The third-order valence-corrected chi connectivity index (χ3v) is 3.39. The van der Waals surface area contributed by atoms with E-state index < -0.39 is 0 Å². The van der Waals surface area contributed by atoms with Crippen LogP contribution in [-0.2, 0) is 4.79 Å². The number of carbonyl (C=O) groups is 1. The first-order valence-corrected chi connectivity index (χ1v) is 7.78. The zero-order valence-corrected chi connectivity index (χ0v) is 14.3. The fraction of sp³-hybridized carbons (Fsp3) is 0.529. The van der Waals surface area contributed by atoms with Crippen LogP contribution in [0.4, 0.5) is 0 Å². The van der Waals surface area contributed by atoms with Crippen molar-refractivity contribution in [2.75, 3.05) is 21.3 Å². The van der Waals surface area contributed by atoms with Gasteiger partial charge in [-0.3, -0.25) is 4.79 Å². The van der Waals surface area contributed by atoms with E-state index in [1.807, 2.05) is 0 Å². The Hall–Kier alpha value is -2.24. The molecule has 0 aliphatic rings. The predicted molar refractivity (Wildman–Crippen MR) is 90.6 cm³/mol. The van der Waals surface area contributed by atoms with Gasteiger partial charge in [0.15, 0.2) is 11.5 Å². The summed E-state index contributed by atoms with van der Waals surface area (Å²) in [7, 11) is 4.68. The van der Waals surface area contributed by atoms with E-state index in [9.17, 15) is 4.79 Å². The Bertz CT molecular complexity index is 530. The summed E-state index contributed by atoms with van der Waals surface area (Å²) < 4.78 is 15.8. The van der Waals surface area contributed by atoms with Crippen molar-refractivity contribution in [1.82, 2.24) is 5.43 Å². The van der Waals surface area contributed by atoms with Gasteiger partial charge in [0.1, 0.15) is 5.75 Å². The zero-order valence-electron chi connectivity index (χ0n) is 14.3. The van der Waals surface area contributed by atoms with Crippen LogP contribution in [0.3, 0.4) is 0 Å². The number of amides is 1. The molecule has 1 aromatic rings. The van der Waals surface area contributed by atoms with Crippen LogP contribution in [0, 0.1) is 0 Å². The molecule has 1 rings (SSSR count). The van der Waals surface area contributed by atoms with Crippen molar-refractivity contribution in [3.05, 3.63) is 17.7 Å². The molecule has 0 fully saturated rings. The van der Waals surface area contributed by atoms with Crippen molar-refractivity contribution in [3.8, 4) is 17.2 Å². The minimum atomic E-state index is -0.0863. The van der Waals surface area contributed by atoms with Gasteiger partial charge in [0.05, 0.1) is 27.5 Å². The number of hydrogen-bond acceptors (Lipinski definition) is 5. The number of nitrogens with zero attached hydrogens (tertiary/aromatic N) is 1. The molecule has 0 spiro atoms. The van der Waals surface area contributed by atoms with Crippen molar-refractivity contribution < 1.29 is 19.0 Å². The van der Waals surface area contributed by atoms with Crippen LogP contribution in [-0.4, -0.2) is 33.5 Å². The number of hydrogen-bond donors (Lipinski definition) is 1. The molecule has 1 aromatic carbocycles. The summed E-state index contributed by atoms with van der Waals surface area (Å²) in [6.45, 7) is 2.14. The third-order valence-electron chi connectivity index (χ3n) is 3.39. The number of methoxy groups -OCH3 is 3. The van der Waals surface area contributed by atoms with Gasteiger partial charge in [-0.15, -0.1) is 0 Å². The van der Waals surface area contributed by atoms with E-state index in [-0.39, 0.29) is 5.91 Å². The number of rotatable bonds is 10. The molecule has 0 saturated carbocycles. The van der Waals surface area contributed by atoms with Crippen molar-refractivity contribution in [2.45, 2.75) is 39.0 Å². The second-order valence-electron chi connectivity index (χ2n) is 5.05. The molecule has 0 aromatic heterocycles. The standard InChI is InChI=1S/C17H26N2O4/c1-5-6-7-8-9-17(20)19-18-12-13-10-15(22-3)16(23-4)11-14(13)21-2/h10-12H,5-9H2,1-4H3,(H,19,20)/b18-12+. The summed E-state index contributed by atoms with van der Waals surface area (Å²) in [5.41, 5.74) is 3.22. The molecular weight excluding hydrogens is 296 g/mol. The van der Waals surface area contributed by atoms with Gasteiger partial charge in [0.2, 0.25) is 5.91 Å². The van der Waals surface area contributed by atoms with E-state index in [0.29, 0.717) is 29.2 Å².